The van der Waals surface area contributed by atoms with Crippen LogP contribution in [0, 0.1) is 0 Å². The van der Waals surface area contributed by atoms with Crippen molar-refractivity contribution < 1.29 is 27.2 Å². The van der Waals surface area contributed by atoms with Gasteiger partial charge in [-0.1, -0.05) is 18.2 Å². The van der Waals surface area contributed by atoms with Gasteiger partial charge in [-0.05, 0) is 6.07 Å². The molecular weight excluding hydrogens is 313 g/mol. The molecule has 23 heavy (non-hydrogen) atoms. The summed E-state index contributed by atoms with van der Waals surface area (Å²) in [7, 11) is 0. The molecule has 0 unspecified atom stereocenters. The molecule has 1 fully saturated rings. The van der Waals surface area contributed by atoms with Crippen molar-refractivity contribution in [2.24, 2.45) is 0 Å². The van der Waals surface area contributed by atoms with Crippen LogP contribution in [0.25, 0.3) is 11.0 Å². The predicted octanol–water partition coefficient (Wildman–Crippen LogP) is 2.63. The molecule has 1 saturated heterocycles. The highest BCUT2D eigenvalue weighted by molar-refractivity contribution is 6.07. The quantitative estimate of drug-likeness (QED) is 0.871. The van der Waals surface area contributed by atoms with Crippen molar-refractivity contribution in [3.8, 4) is 0 Å². The highest BCUT2D eigenvalue weighted by Crippen LogP contribution is 2.24. The number of furan rings is 1. The maximum absolute atomic E-state index is 12.5. The van der Waals surface area contributed by atoms with Crippen LogP contribution in [-0.2, 0) is 4.79 Å². The van der Waals surface area contributed by atoms with E-state index in [1.807, 2.05) is 0 Å². The minimum atomic E-state index is -4.33. The molecule has 0 bridgehead atoms. The summed E-state index contributed by atoms with van der Waals surface area (Å²) in [5, 5.41) is 0.610. The minimum Gasteiger partial charge on any atom is -0.463 e. The number of amides is 2. The van der Waals surface area contributed by atoms with Crippen LogP contribution < -0.4 is 0 Å². The highest BCUT2D eigenvalue weighted by atomic mass is 19.4. The van der Waals surface area contributed by atoms with Crippen LogP contribution >= 0.6 is 0 Å². The number of hydrogen-bond donors (Lipinski definition) is 0. The fourth-order valence-electron chi connectivity index (χ4n) is 2.51. The van der Waals surface area contributed by atoms with Gasteiger partial charge < -0.3 is 14.2 Å². The molecule has 2 aromatic rings. The van der Waals surface area contributed by atoms with Gasteiger partial charge in [-0.25, -0.2) is 0 Å². The second-order valence-corrected chi connectivity index (χ2v) is 5.31. The van der Waals surface area contributed by atoms with E-state index < -0.39 is 31.0 Å². The van der Waals surface area contributed by atoms with E-state index in [0.717, 1.165) is 4.90 Å². The van der Waals surface area contributed by atoms with Crippen molar-refractivity contribution >= 4 is 22.8 Å². The lowest BCUT2D eigenvalue weighted by molar-refractivity contribution is -0.142. The molecule has 0 saturated carbocycles. The third-order valence-corrected chi connectivity index (χ3v) is 3.68. The van der Waals surface area contributed by atoms with Crippen LogP contribution in [0.5, 0.6) is 0 Å². The number of benzene rings is 1. The van der Waals surface area contributed by atoms with Gasteiger partial charge in [0.1, 0.15) is 18.4 Å². The Balaban J connectivity index is 1.73. The molecule has 0 radical (unpaired) electrons. The van der Waals surface area contributed by atoms with E-state index in [1.54, 1.807) is 24.3 Å². The third-order valence-electron chi connectivity index (χ3n) is 3.68. The Bertz CT molecular complexity index is 754. The molecule has 1 aliphatic rings. The summed E-state index contributed by atoms with van der Waals surface area (Å²) < 4.78 is 42.1. The molecule has 2 amide bonds. The van der Waals surface area contributed by atoms with Gasteiger partial charge in [-0.2, -0.15) is 13.2 Å². The molecule has 0 atom stereocenters. The standard InChI is InChI=1S/C15H13F3N2O3/c16-15(17,18)5-6-19-9-20(7-13(19)21)14(22)11-8-23-12-4-2-1-3-10(11)12/h1-4,8H,5-7,9H2. The molecule has 5 nitrogen and oxygen atoms in total. The van der Waals surface area contributed by atoms with Crippen molar-refractivity contribution in [3.05, 3.63) is 36.1 Å². The summed E-state index contributed by atoms with van der Waals surface area (Å²) in [6.45, 7) is -0.818. The van der Waals surface area contributed by atoms with E-state index in [4.69, 9.17) is 4.42 Å². The van der Waals surface area contributed by atoms with Gasteiger partial charge in [0.15, 0.2) is 0 Å². The van der Waals surface area contributed by atoms with E-state index in [9.17, 15) is 22.8 Å². The Morgan fingerprint density at radius 2 is 2.00 bits per heavy atom. The van der Waals surface area contributed by atoms with Crippen molar-refractivity contribution in [2.75, 3.05) is 19.8 Å². The van der Waals surface area contributed by atoms with Crippen molar-refractivity contribution in [3.63, 3.8) is 0 Å². The maximum atomic E-state index is 12.5. The van der Waals surface area contributed by atoms with Crippen LogP contribution in [0.1, 0.15) is 16.8 Å². The number of nitrogens with zero attached hydrogens (tertiary/aromatic N) is 2. The number of carbonyl (C=O) groups is 2. The van der Waals surface area contributed by atoms with Crippen molar-refractivity contribution in [2.45, 2.75) is 12.6 Å². The van der Waals surface area contributed by atoms with Gasteiger partial charge in [-0.15, -0.1) is 0 Å². The van der Waals surface area contributed by atoms with Crippen molar-refractivity contribution in [1.82, 2.24) is 9.80 Å². The monoisotopic (exact) mass is 326 g/mol. The number of carbonyl (C=O) groups excluding carboxylic acids is 2. The van der Waals surface area contributed by atoms with Gasteiger partial charge in [0, 0.05) is 11.9 Å². The van der Waals surface area contributed by atoms with Crippen LogP contribution in [0.4, 0.5) is 13.2 Å². The van der Waals surface area contributed by atoms with E-state index in [1.165, 1.54) is 11.2 Å². The van der Waals surface area contributed by atoms with Crippen LogP contribution in [0.3, 0.4) is 0 Å². The largest absolute Gasteiger partial charge is 0.463 e. The zero-order valence-corrected chi connectivity index (χ0v) is 12.0. The van der Waals surface area contributed by atoms with Gasteiger partial charge in [0.2, 0.25) is 5.91 Å². The fraction of sp³-hybridized carbons (Fsp3) is 0.333. The first kappa shape index (κ1) is 15.4. The molecular formula is C15H13F3N2O3. The molecule has 1 aromatic carbocycles. The third kappa shape index (κ3) is 3.15. The first-order valence-corrected chi connectivity index (χ1v) is 6.95. The van der Waals surface area contributed by atoms with Crippen LogP contribution in [-0.4, -0.2) is 47.5 Å². The van der Waals surface area contributed by atoms with Crippen molar-refractivity contribution in [1.29, 1.82) is 0 Å². The summed E-state index contributed by atoms with van der Waals surface area (Å²) in [6, 6.07) is 6.93. The zero-order chi connectivity index (χ0) is 16.6. The average molecular weight is 326 g/mol. The van der Waals surface area contributed by atoms with Crippen LogP contribution in [0.15, 0.2) is 34.9 Å². The molecule has 0 aliphatic carbocycles. The second kappa shape index (κ2) is 5.60. The number of hydrogen-bond acceptors (Lipinski definition) is 3. The van der Waals surface area contributed by atoms with E-state index >= 15 is 0 Å². The lowest BCUT2D eigenvalue weighted by Gasteiger charge is -2.18. The van der Waals surface area contributed by atoms with Crippen LogP contribution in [0.2, 0.25) is 0 Å². The maximum Gasteiger partial charge on any atom is 0.390 e. The summed E-state index contributed by atoms with van der Waals surface area (Å²) >= 11 is 0. The summed E-state index contributed by atoms with van der Waals surface area (Å²) in [5.74, 6) is -0.923. The topological polar surface area (TPSA) is 53.8 Å². The Labute approximate surface area is 129 Å². The molecule has 8 heteroatoms. The summed E-state index contributed by atoms with van der Waals surface area (Å²) in [6.07, 6.45) is -4.12. The molecule has 3 rings (SSSR count). The molecule has 0 N–H and O–H groups in total. The normalized spacial score (nSPS) is 15.7. The smallest absolute Gasteiger partial charge is 0.390 e. The van der Waals surface area contributed by atoms with Gasteiger partial charge in [0.25, 0.3) is 5.91 Å². The Morgan fingerprint density at radius 1 is 1.26 bits per heavy atom. The zero-order valence-electron chi connectivity index (χ0n) is 12.0. The predicted molar refractivity (Wildman–Crippen MR) is 74.5 cm³/mol. The molecule has 1 aliphatic heterocycles. The number of halogens is 3. The number of rotatable bonds is 3. The lowest BCUT2D eigenvalue weighted by Crippen LogP contribution is -2.33. The van der Waals surface area contributed by atoms with E-state index in [-0.39, 0.29) is 13.2 Å². The summed E-state index contributed by atoms with van der Waals surface area (Å²) in [4.78, 5) is 26.5. The first-order valence-electron chi connectivity index (χ1n) is 6.95. The fourth-order valence-corrected chi connectivity index (χ4v) is 2.51. The first-order chi connectivity index (χ1) is 10.8. The number of fused-ring (bicyclic) bond motifs is 1. The Hall–Kier alpha value is -2.51. The molecule has 1 aromatic heterocycles. The molecule has 0 spiro atoms. The lowest BCUT2D eigenvalue weighted by atomic mass is 10.1. The molecule has 2 heterocycles. The van der Waals surface area contributed by atoms with Gasteiger partial charge >= 0.3 is 6.18 Å². The van der Waals surface area contributed by atoms with Gasteiger partial charge in [0.05, 0.1) is 18.7 Å². The van der Waals surface area contributed by atoms with E-state index in [0.29, 0.717) is 16.5 Å². The number of alkyl halides is 3. The Morgan fingerprint density at radius 3 is 2.74 bits per heavy atom. The average Bonchev–Trinajstić information content (AvgIpc) is 3.07. The second-order valence-electron chi connectivity index (χ2n) is 5.31. The highest BCUT2D eigenvalue weighted by Gasteiger charge is 2.35. The minimum absolute atomic E-state index is 0.146. The van der Waals surface area contributed by atoms with E-state index in [2.05, 4.69) is 0 Å². The van der Waals surface area contributed by atoms with Gasteiger partial charge in [-0.3, -0.25) is 9.59 Å². The Kier molecular flexibility index (Phi) is 3.75. The molecule has 122 valence electrons. The number of para-hydroxylation sites is 1. The summed E-state index contributed by atoms with van der Waals surface area (Å²) in [5.41, 5.74) is 0.835. The SMILES string of the molecule is O=C1CN(C(=O)c2coc3ccccc23)CN1CCC(F)(F)F.